The van der Waals surface area contributed by atoms with E-state index in [1.54, 1.807) is 18.2 Å². The van der Waals surface area contributed by atoms with Crippen LogP contribution in [-0.4, -0.2) is 23.2 Å². The lowest BCUT2D eigenvalue weighted by Gasteiger charge is -2.12. The van der Waals surface area contributed by atoms with Gasteiger partial charge in [0.25, 0.3) is 10.0 Å². The zero-order valence-electron chi connectivity index (χ0n) is 10.7. The molecule has 3 N–H and O–H groups in total. The molecule has 0 spiro atoms. The molecule has 0 aliphatic heterocycles. The largest absolute Gasteiger partial charge is 0.389 e. The van der Waals surface area contributed by atoms with Crippen LogP contribution in [0.15, 0.2) is 33.9 Å². The smallest absolute Gasteiger partial charge is 0.280 e. The molecule has 0 atom stereocenters. The van der Waals surface area contributed by atoms with Crippen molar-refractivity contribution in [1.29, 1.82) is 0 Å². The summed E-state index contributed by atoms with van der Waals surface area (Å²) in [6.07, 6.45) is 1.26. The summed E-state index contributed by atoms with van der Waals surface area (Å²) >= 11 is 14.1. The summed E-state index contributed by atoms with van der Waals surface area (Å²) in [6.45, 7) is 0. The first kappa shape index (κ1) is 16.2. The maximum atomic E-state index is 12.4. The number of nitrogens with two attached hydrogens (primary N) is 1. The van der Waals surface area contributed by atoms with Crippen LogP contribution in [0.5, 0.6) is 0 Å². The lowest BCUT2D eigenvalue weighted by Crippen LogP contribution is -2.20. The zero-order valence-corrected chi connectivity index (χ0v) is 14.6. The second-order valence-electron chi connectivity index (χ2n) is 4.08. The van der Waals surface area contributed by atoms with E-state index in [2.05, 4.69) is 25.8 Å². The zero-order chi connectivity index (χ0) is 15.8. The molecule has 0 radical (unpaired) electrons. The van der Waals surface area contributed by atoms with Crippen molar-refractivity contribution in [3.05, 3.63) is 39.5 Å². The highest BCUT2D eigenvalue weighted by molar-refractivity contribution is 9.10. The Labute approximate surface area is 140 Å². The summed E-state index contributed by atoms with van der Waals surface area (Å²) < 4.78 is 29.1. The van der Waals surface area contributed by atoms with E-state index in [0.717, 1.165) is 4.47 Å². The minimum atomic E-state index is -3.91. The molecule has 0 unspecified atom stereocenters. The molecule has 0 aliphatic rings. The van der Waals surface area contributed by atoms with Crippen molar-refractivity contribution in [2.45, 2.75) is 5.03 Å². The number of thiocarbonyl (C=S) groups is 1. The number of hydrogen-bond acceptors (Lipinski definition) is 4. The van der Waals surface area contributed by atoms with Crippen LogP contribution in [0.4, 0.5) is 5.69 Å². The number of sulfonamides is 1. The molecule has 0 bridgehead atoms. The molecule has 0 saturated heterocycles. The number of nitrogens with one attached hydrogen (secondary N) is 1. The van der Waals surface area contributed by atoms with E-state index in [4.69, 9.17) is 29.6 Å². The maximum absolute atomic E-state index is 12.4. The fourth-order valence-electron chi connectivity index (χ4n) is 1.70. The molecule has 6 nitrogen and oxygen atoms in total. The van der Waals surface area contributed by atoms with E-state index in [-0.39, 0.29) is 20.7 Å². The van der Waals surface area contributed by atoms with Crippen molar-refractivity contribution in [3.8, 4) is 0 Å². The van der Waals surface area contributed by atoms with Crippen molar-refractivity contribution in [2.75, 3.05) is 4.72 Å². The third-order valence-corrected chi connectivity index (χ3v) is 5.17. The number of hydrogen-bond donors (Lipinski definition) is 2. The standard InChI is InChI=1S/C11H10BrClN4O2S2/c1-17-11(8(13)5-15-17)21(18,19)16-9-3-2-6(12)4-7(9)10(14)20/h2-5,16H,1H3,(H2,14,20). The number of aromatic nitrogens is 2. The van der Waals surface area contributed by atoms with Crippen molar-refractivity contribution in [3.63, 3.8) is 0 Å². The fourth-order valence-corrected chi connectivity index (χ4v) is 3.97. The van der Waals surface area contributed by atoms with Crippen molar-refractivity contribution < 1.29 is 8.42 Å². The Morgan fingerprint density at radius 2 is 2.19 bits per heavy atom. The van der Waals surface area contributed by atoms with Crippen LogP contribution in [-0.2, 0) is 17.1 Å². The van der Waals surface area contributed by atoms with Crippen molar-refractivity contribution >= 4 is 60.4 Å². The van der Waals surface area contributed by atoms with Crippen LogP contribution in [0.1, 0.15) is 5.56 Å². The van der Waals surface area contributed by atoms with E-state index in [0.29, 0.717) is 5.56 Å². The van der Waals surface area contributed by atoms with Gasteiger partial charge >= 0.3 is 0 Å². The lowest BCUT2D eigenvalue weighted by molar-refractivity contribution is 0.582. The van der Waals surface area contributed by atoms with Gasteiger partial charge in [-0.1, -0.05) is 39.7 Å². The Morgan fingerprint density at radius 3 is 2.71 bits per heavy atom. The van der Waals surface area contributed by atoms with Gasteiger partial charge in [0.1, 0.15) is 4.99 Å². The van der Waals surface area contributed by atoms with Crippen LogP contribution >= 0.6 is 39.7 Å². The lowest BCUT2D eigenvalue weighted by atomic mass is 10.2. The van der Waals surface area contributed by atoms with Crippen LogP contribution in [0, 0.1) is 0 Å². The van der Waals surface area contributed by atoms with Gasteiger partial charge in [-0.3, -0.25) is 9.40 Å². The predicted molar refractivity (Wildman–Crippen MR) is 89.1 cm³/mol. The Hall–Kier alpha value is -1.16. The normalized spacial score (nSPS) is 11.4. The maximum Gasteiger partial charge on any atom is 0.280 e. The molecule has 0 saturated carbocycles. The highest BCUT2D eigenvalue weighted by Gasteiger charge is 2.24. The SMILES string of the molecule is Cn1ncc(Cl)c1S(=O)(=O)Nc1ccc(Br)cc1C(N)=S. The Bertz CT molecular complexity index is 800. The average molecular weight is 410 g/mol. The number of nitrogens with zero attached hydrogens (tertiary/aromatic N) is 2. The average Bonchev–Trinajstić information content (AvgIpc) is 2.71. The quantitative estimate of drug-likeness (QED) is 0.756. The molecule has 2 rings (SSSR count). The number of halogens is 2. The molecule has 112 valence electrons. The summed E-state index contributed by atoms with van der Waals surface area (Å²) in [6, 6.07) is 4.86. The third kappa shape index (κ3) is 3.37. The molecule has 1 aromatic carbocycles. The molecule has 0 aliphatic carbocycles. The second kappa shape index (κ2) is 5.91. The summed E-state index contributed by atoms with van der Waals surface area (Å²) in [4.78, 5) is 0.0742. The molecule has 1 heterocycles. The Morgan fingerprint density at radius 1 is 1.52 bits per heavy atom. The highest BCUT2D eigenvalue weighted by atomic mass is 79.9. The van der Waals surface area contributed by atoms with Gasteiger partial charge in [0.2, 0.25) is 0 Å². The number of anilines is 1. The van der Waals surface area contributed by atoms with Gasteiger partial charge < -0.3 is 5.73 Å². The third-order valence-electron chi connectivity index (χ3n) is 2.59. The first-order chi connectivity index (χ1) is 9.72. The topological polar surface area (TPSA) is 90.0 Å². The van der Waals surface area contributed by atoms with Gasteiger partial charge in [0.15, 0.2) is 5.03 Å². The van der Waals surface area contributed by atoms with Crippen LogP contribution in [0.2, 0.25) is 5.02 Å². The molecular formula is C11H10BrClN4O2S2. The summed E-state index contributed by atoms with van der Waals surface area (Å²) in [5.74, 6) is 0. The van der Waals surface area contributed by atoms with Crippen LogP contribution in [0.25, 0.3) is 0 Å². The van der Waals surface area contributed by atoms with Crippen molar-refractivity contribution in [2.24, 2.45) is 12.8 Å². The number of aryl methyl sites for hydroxylation is 1. The van der Waals surface area contributed by atoms with E-state index in [1.807, 2.05) is 0 Å². The highest BCUT2D eigenvalue weighted by Crippen LogP contribution is 2.26. The van der Waals surface area contributed by atoms with Crippen molar-refractivity contribution in [1.82, 2.24) is 9.78 Å². The van der Waals surface area contributed by atoms with Crippen LogP contribution < -0.4 is 10.5 Å². The molecule has 10 heteroatoms. The molecule has 0 fully saturated rings. The van der Waals surface area contributed by atoms with E-state index < -0.39 is 10.0 Å². The first-order valence-corrected chi connectivity index (χ1v) is 8.58. The van der Waals surface area contributed by atoms with Gasteiger partial charge in [-0.05, 0) is 18.2 Å². The summed E-state index contributed by atoms with van der Waals surface area (Å²) in [7, 11) is -2.43. The number of benzene rings is 1. The van der Waals surface area contributed by atoms with Gasteiger partial charge in [-0.15, -0.1) is 0 Å². The van der Waals surface area contributed by atoms with Gasteiger partial charge in [-0.25, -0.2) is 0 Å². The summed E-state index contributed by atoms with van der Waals surface area (Å²) in [5.41, 5.74) is 6.28. The van der Waals surface area contributed by atoms with Crippen LogP contribution in [0.3, 0.4) is 0 Å². The van der Waals surface area contributed by atoms with E-state index in [9.17, 15) is 8.42 Å². The second-order valence-corrected chi connectivity index (χ2v) is 7.44. The monoisotopic (exact) mass is 408 g/mol. The first-order valence-electron chi connectivity index (χ1n) is 5.52. The minimum Gasteiger partial charge on any atom is -0.389 e. The number of rotatable bonds is 4. The van der Waals surface area contributed by atoms with Gasteiger partial charge in [0.05, 0.1) is 16.9 Å². The van der Waals surface area contributed by atoms with E-state index >= 15 is 0 Å². The van der Waals surface area contributed by atoms with Gasteiger partial charge in [-0.2, -0.15) is 13.5 Å². The van der Waals surface area contributed by atoms with E-state index in [1.165, 1.54) is 17.9 Å². The minimum absolute atomic E-state index is 0.0268. The molecule has 2 aromatic rings. The molecule has 21 heavy (non-hydrogen) atoms. The Kier molecular flexibility index (Phi) is 4.57. The van der Waals surface area contributed by atoms with Gasteiger partial charge in [0, 0.05) is 17.1 Å². The Balaban J connectivity index is 2.50. The molecular weight excluding hydrogens is 400 g/mol. The fraction of sp³-hybridized carbons (Fsp3) is 0.0909. The molecule has 1 aromatic heterocycles. The predicted octanol–water partition coefficient (Wildman–Crippen LogP) is 2.27. The molecule has 0 amide bonds. The summed E-state index contributed by atoms with van der Waals surface area (Å²) in [5, 5.41) is 3.69.